The van der Waals surface area contributed by atoms with Crippen molar-refractivity contribution in [2.75, 3.05) is 7.11 Å². The molecule has 0 bridgehead atoms. The smallest absolute Gasteiger partial charge is 0.124 e. The molecule has 2 atom stereocenters. The lowest BCUT2D eigenvalue weighted by Crippen LogP contribution is -2.14. The third-order valence-corrected chi connectivity index (χ3v) is 1.91. The van der Waals surface area contributed by atoms with Crippen molar-refractivity contribution in [2.24, 2.45) is 0 Å². The summed E-state index contributed by atoms with van der Waals surface area (Å²) in [5.74, 6) is 0.593. The molecule has 0 saturated heterocycles. The highest BCUT2D eigenvalue weighted by molar-refractivity contribution is 5.35. The molecule has 0 aliphatic rings. The van der Waals surface area contributed by atoms with Crippen LogP contribution in [0.1, 0.15) is 18.6 Å². The number of aliphatic hydroxyl groups is 2. The minimum Gasteiger partial charge on any atom is -0.496 e. The fourth-order valence-corrected chi connectivity index (χ4v) is 1.17. The van der Waals surface area contributed by atoms with E-state index in [0.29, 0.717) is 11.3 Å². The van der Waals surface area contributed by atoms with Crippen LogP contribution in [0.15, 0.2) is 24.3 Å². The van der Waals surface area contributed by atoms with Gasteiger partial charge >= 0.3 is 0 Å². The van der Waals surface area contributed by atoms with E-state index in [9.17, 15) is 10.2 Å². The number of ether oxygens (including phenoxy) is 1. The van der Waals surface area contributed by atoms with Gasteiger partial charge < -0.3 is 14.9 Å². The maximum atomic E-state index is 9.58. The second kappa shape index (κ2) is 4.25. The Morgan fingerprint density at radius 2 is 1.85 bits per heavy atom. The summed E-state index contributed by atoms with van der Waals surface area (Å²) in [6, 6.07) is 7.09. The molecular weight excluding hydrogens is 168 g/mol. The summed E-state index contributed by atoms with van der Waals surface area (Å²) in [6.07, 6.45) is -1.69. The van der Waals surface area contributed by atoms with Crippen molar-refractivity contribution in [3.05, 3.63) is 29.8 Å². The van der Waals surface area contributed by atoms with Gasteiger partial charge in [0.25, 0.3) is 0 Å². The monoisotopic (exact) mass is 182 g/mol. The fraction of sp³-hybridized carbons (Fsp3) is 0.400. The molecule has 3 nitrogen and oxygen atoms in total. The summed E-state index contributed by atoms with van der Waals surface area (Å²) in [7, 11) is 1.54. The normalized spacial score (nSPS) is 15.1. The Morgan fingerprint density at radius 3 is 2.38 bits per heavy atom. The highest BCUT2D eigenvalue weighted by Gasteiger charge is 2.16. The molecule has 0 aliphatic heterocycles. The molecule has 0 aromatic heterocycles. The van der Waals surface area contributed by atoms with Crippen LogP contribution in [0.25, 0.3) is 0 Å². The molecule has 0 amide bonds. The first-order valence-corrected chi connectivity index (χ1v) is 4.16. The van der Waals surface area contributed by atoms with Crippen LogP contribution in [0.5, 0.6) is 5.75 Å². The first kappa shape index (κ1) is 10.0. The molecule has 72 valence electrons. The van der Waals surface area contributed by atoms with Crippen molar-refractivity contribution >= 4 is 0 Å². The van der Waals surface area contributed by atoms with Gasteiger partial charge in [-0.05, 0) is 13.0 Å². The summed E-state index contributed by atoms with van der Waals surface area (Å²) in [5.41, 5.74) is 0.611. The molecule has 0 radical (unpaired) electrons. The second-order valence-electron chi connectivity index (χ2n) is 2.93. The maximum absolute atomic E-state index is 9.58. The van der Waals surface area contributed by atoms with Crippen LogP contribution in [0.4, 0.5) is 0 Å². The van der Waals surface area contributed by atoms with E-state index in [4.69, 9.17) is 4.74 Å². The van der Waals surface area contributed by atoms with Gasteiger partial charge in [-0.2, -0.15) is 0 Å². The van der Waals surface area contributed by atoms with Crippen molar-refractivity contribution in [3.8, 4) is 5.75 Å². The van der Waals surface area contributed by atoms with Crippen molar-refractivity contribution in [2.45, 2.75) is 19.1 Å². The van der Waals surface area contributed by atoms with Gasteiger partial charge in [-0.1, -0.05) is 18.2 Å². The molecule has 2 unspecified atom stereocenters. The molecule has 0 saturated carbocycles. The molecular formula is C10H14O3. The zero-order valence-corrected chi connectivity index (χ0v) is 7.77. The van der Waals surface area contributed by atoms with E-state index < -0.39 is 12.2 Å². The second-order valence-corrected chi connectivity index (χ2v) is 2.93. The van der Waals surface area contributed by atoms with E-state index in [0.717, 1.165) is 0 Å². The summed E-state index contributed by atoms with van der Waals surface area (Å²) in [5, 5.41) is 18.8. The zero-order valence-electron chi connectivity index (χ0n) is 7.77. The van der Waals surface area contributed by atoms with Gasteiger partial charge in [0.2, 0.25) is 0 Å². The standard InChI is InChI=1S/C10H14O3/c1-7(11)10(12)8-5-3-4-6-9(8)13-2/h3-7,10-12H,1-2H3. The topological polar surface area (TPSA) is 49.7 Å². The molecule has 0 heterocycles. The summed E-state index contributed by atoms with van der Waals surface area (Å²) >= 11 is 0. The van der Waals surface area contributed by atoms with E-state index in [1.54, 1.807) is 18.2 Å². The van der Waals surface area contributed by atoms with Crippen LogP contribution in [0.3, 0.4) is 0 Å². The Labute approximate surface area is 77.6 Å². The third-order valence-electron chi connectivity index (χ3n) is 1.91. The van der Waals surface area contributed by atoms with Crippen LogP contribution in [-0.2, 0) is 0 Å². The Balaban J connectivity index is 2.98. The van der Waals surface area contributed by atoms with E-state index in [-0.39, 0.29) is 0 Å². The molecule has 3 heteroatoms. The SMILES string of the molecule is COc1ccccc1C(O)C(C)O. The Hall–Kier alpha value is -1.06. The van der Waals surface area contributed by atoms with Gasteiger partial charge in [-0.15, -0.1) is 0 Å². The summed E-state index contributed by atoms with van der Waals surface area (Å²) < 4.78 is 5.05. The lowest BCUT2D eigenvalue weighted by molar-refractivity contribution is 0.0290. The van der Waals surface area contributed by atoms with E-state index in [2.05, 4.69) is 0 Å². The van der Waals surface area contributed by atoms with Crippen molar-refractivity contribution in [3.63, 3.8) is 0 Å². The van der Waals surface area contributed by atoms with E-state index >= 15 is 0 Å². The van der Waals surface area contributed by atoms with Gasteiger partial charge in [0.05, 0.1) is 13.2 Å². The summed E-state index contributed by atoms with van der Waals surface area (Å²) in [6.45, 7) is 1.54. The van der Waals surface area contributed by atoms with Crippen LogP contribution in [0, 0.1) is 0 Å². The number of hydrogen-bond acceptors (Lipinski definition) is 3. The number of benzene rings is 1. The highest BCUT2D eigenvalue weighted by Crippen LogP contribution is 2.26. The average molecular weight is 182 g/mol. The van der Waals surface area contributed by atoms with Crippen LogP contribution < -0.4 is 4.74 Å². The maximum Gasteiger partial charge on any atom is 0.124 e. The summed E-state index contributed by atoms with van der Waals surface area (Å²) in [4.78, 5) is 0. The van der Waals surface area contributed by atoms with Crippen molar-refractivity contribution < 1.29 is 14.9 Å². The molecule has 0 spiro atoms. The van der Waals surface area contributed by atoms with E-state index in [1.165, 1.54) is 14.0 Å². The quantitative estimate of drug-likeness (QED) is 0.736. The largest absolute Gasteiger partial charge is 0.496 e. The number of aliphatic hydroxyl groups excluding tert-OH is 2. The predicted molar refractivity (Wildman–Crippen MR) is 49.6 cm³/mol. The van der Waals surface area contributed by atoms with Gasteiger partial charge in [-0.3, -0.25) is 0 Å². The molecule has 1 aromatic rings. The van der Waals surface area contributed by atoms with Crippen molar-refractivity contribution in [1.82, 2.24) is 0 Å². The molecule has 1 rings (SSSR count). The number of hydrogen-bond donors (Lipinski definition) is 2. The van der Waals surface area contributed by atoms with Crippen LogP contribution >= 0.6 is 0 Å². The lowest BCUT2D eigenvalue weighted by Gasteiger charge is -2.16. The van der Waals surface area contributed by atoms with Crippen molar-refractivity contribution in [1.29, 1.82) is 0 Å². The third kappa shape index (κ3) is 2.20. The molecule has 13 heavy (non-hydrogen) atoms. The number of rotatable bonds is 3. The number of methoxy groups -OCH3 is 1. The van der Waals surface area contributed by atoms with Gasteiger partial charge in [-0.25, -0.2) is 0 Å². The minimum absolute atomic E-state index is 0.593. The Bertz CT molecular complexity index is 271. The molecule has 2 N–H and O–H groups in total. The molecule has 0 fully saturated rings. The van der Waals surface area contributed by atoms with Gasteiger partial charge in [0.15, 0.2) is 0 Å². The Kier molecular flexibility index (Phi) is 3.28. The predicted octanol–water partition coefficient (Wildman–Crippen LogP) is 1.11. The Morgan fingerprint density at radius 1 is 1.23 bits per heavy atom. The molecule has 0 aliphatic carbocycles. The van der Waals surface area contributed by atoms with Crippen LogP contribution in [-0.4, -0.2) is 23.4 Å². The fourth-order valence-electron chi connectivity index (χ4n) is 1.17. The minimum atomic E-state index is -0.892. The highest BCUT2D eigenvalue weighted by atomic mass is 16.5. The average Bonchev–Trinajstić information content (AvgIpc) is 2.16. The lowest BCUT2D eigenvalue weighted by atomic mass is 10.0. The zero-order chi connectivity index (χ0) is 9.84. The van der Waals surface area contributed by atoms with Gasteiger partial charge in [0.1, 0.15) is 11.9 Å². The van der Waals surface area contributed by atoms with Gasteiger partial charge in [0, 0.05) is 5.56 Å². The number of para-hydroxylation sites is 1. The van der Waals surface area contributed by atoms with E-state index in [1.807, 2.05) is 6.07 Å². The first-order valence-electron chi connectivity index (χ1n) is 4.16. The molecule has 1 aromatic carbocycles. The van der Waals surface area contributed by atoms with Crippen LogP contribution in [0.2, 0.25) is 0 Å². The first-order chi connectivity index (χ1) is 6.16.